The van der Waals surface area contributed by atoms with E-state index < -0.39 is 0 Å². The predicted octanol–water partition coefficient (Wildman–Crippen LogP) is 3.31. The topological polar surface area (TPSA) is 59.1 Å². The number of ketones is 1. The van der Waals surface area contributed by atoms with Gasteiger partial charge in [-0.25, -0.2) is 4.98 Å². The second-order valence-electron chi connectivity index (χ2n) is 3.15. The van der Waals surface area contributed by atoms with Crippen LogP contribution < -0.4 is 5.32 Å². The molecule has 2 aromatic rings. The zero-order valence-corrected chi connectivity index (χ0v) is 11.1. The number of carbonyl (C=O) groups is 2. The molecule has 0 aromatic carbocycles. The molecule has 0 aliphatic rings. The molecule has 1 N–H and O–H groups in total. The average molecular weight is 287 g/mol. The summed E-state index contributed by atoms with van der Waals surface area (Å²) >= 11 is 8.14. The van der Waals surface area contributed by atoms with E-state index >= 15 is 0 Å². The van der Waals surface area contributed by atoms with Gasteiger partial charge in [-0.3, -0.25) is 14.9 Å². The van der Waals surface area contributed by atoms with Crippen LogP contribution in [-0.4, -0.2) is 16.7 Å². The van der Waals surface area contributed by atoms with Crippen molar-refractivity contribution < 1.29 is 9.59 Å². The SMILES string of the molecule is CC(=O)c1csc(NC(=O)c2ccc(Cl)s2)n1. The van der Waals surface area contributed by atoms with E-state index in [4.69, 9.17) is 11.6 Å². The van der Waals surface area contributed by atoms with Gasteiger partial charge in [0.25, 0.3) is 5.91 Å². The lowest BCUT2D eigenvalue weighted by Gasteiger charge is -1.97. The maximum atomic E-state index is 11.7. The van der Waals surface area contributed by atoms with Crippen LogP contribution in [0.4, 0.5) is 5.13 Å². The summed E-state index contributed by atoms with van der Waals surface area (Å²) in [5.74, 6) is -0.396. The van der Waals surface area contributed by atoms with Gasteiger partial charge >= 0.3 is 0 Å². The number of aromatic nitrogens is 1. The Hall–Kier alpha value is -1.24. The fraction of sp³-hybridized carbons (Fsp3) is 0.100. The van der Waals surface area contributed by atoms with Gasteiger partial charge in [0, 0.05) is 12.3 Å². The van der Waals surface area contributed by atoms with Gasteiger partial charge in [0.05, 0.1) is 9.21 Å². The first-order chi connectivity index (χ1) is 8.06. The number of hydrogen-bond donors (Lipinski definition) is 1. The van der Waals surface area contributed by atoms with Crippen LogP contribution in [0.1, 0.15) is 27.1 Å². The number of anilines is 1. The number of amides is 1. The number of thiazole rings is 1. The van der Waals surface area contributed by atoms with Crippen molar-refractivity contribution in [2.45, 2.75) is 6.92 Å². The maximum Gasteiger partial charge on any atom is 0.267 e. The van der Waals surface area contributed by atoms with Gasteiger partial charge in [-0.2, -0.15) is 0 Å². The van der Waals surface area contributed by atoms with Crippen LogP contribution in [0.5, 0.6) is 0 Å². The molecule has 0 aliphatic carbocycles. The Labute approximate surface area is 110 Å². The monoisotopic (exact) mass is 286 g/mol. The molecule has 88 valence electrons. The molecule has 0 fully saturated rings. The Bertz CT molecular complexity index is 576. The van der Waals surface area contributed by atoms with E-state index in [9.17, 15) is 9.59 Å². The fourth-order valence-corrected chi connectivity index (χ4v) is 2.77. The van der Waals surface area contributed by atoms with Gasteiger partial charge in [-0.1, -0.05) is 11.6 Å². The van der Waals surface area contributed by atoms with Crippen LogP contribution in [0, 0.1) is 0 Å². The Morgan fingerprint density at radius 3 is 2.71 bits per heavy atom. The molecule has 0 atom stereocenters. The molecule has 7 heteroatoms. The van der Waals surface area contributed by atoms with E-state index in [1.54, 1.807) is 17.5 Å². The number of hydrogen-bond acceptors (Lipinski definition) is 5. The summed E-state index contributed by atoms with van der Waals surface area (Å²) in [7, 11) is 0. The molecule has 0 saturated heterocycles. The molecule has 0 spiro atoms. The van der Waals surface area contributed by atoms with Gasteiger partial charge in [0.2, 0.25) is 0 Å². The number of carbonyl (C=O) groups excluding carboxylic acids is 2. The first-order valence-corrected chi connectivity index (χ1v) is 6.67. The molecule has 17 heavy (non-hydrogen) atoms. The highest BCUT2D eigenvalue weighted by atomic mass is 35.5. The summed E-state index contributed by atoms with van der Waals surface area (Å²) in [6.45, 7) is 1.43. The van der Waals surface area contributed by atoms with Gasteiger partial charge in [-0.15, -0.1) is 22.7 Å². The van der Waals surface area contributed by atoms with E-state index in [-0.39, 0.29) is 11.7 Å². The van der Waals surface area contributed by atoms with E-state index in [1.807, 2.05) is 0 Å². The number of nitrogens with one attached hydrogen (secondary N) is 1. The average Bonchev–Trinajstić information content (AvgIpc) is 2.86. The summed E-state index contributed by atoms with van der Waals surface area (Å²) in [5, 5.41) is 4.63. The van der Waals surface area contributed by atoms with Crippen LogP contribution in [0.25, 0.3) is 0 Å². The minimum Gasteiger partial charge on any atom is -0.297 e. The zero-order valence-electron chi connectivity index (χ0n) is 8.69. The number of thiophene rings is 1. The Morgan fingerprint density at radius 1 is 1.41 bits per heavy atom. The van der Waals surface area contributed by atoms with Crippen LogP contribution in [0.2, 0.25) is 4.34 Å². The van der Waals surface area contributed by atoms with Crippen LogP contribution >= 0.6 is 34.3 Å². The summed E-state index contributed by atoms with van der Waals surface area (Å²) in [5.41, 5.74) is 0.356. The maximum absolute atomic E-state index is 11.7. The quantitative estimate of drug-likeness (QED) is 0.881. The second-order valence-corrected chi connectivity index (χ2v) is 5.73. The molecule has 2 heterocycles. The molecule has 0 radical (unpaired) electrons. The third-order valence-electron chi connectivity index (χ3n) is 1.88. The van der Waals surface area contributed by atoms with E-state index in [0.717, 1.165) is 0 Å². The van der Waals surface area contributed by atoms with Crippen molar-refractivity contribution in [3.63, 3.8) is 0 Å². The molecule has 0 saturated carbocycles. The molecule has 1 amide bonds. The molecule has 2 aromatic heterocycles. The van der Waals surface area contributed by atoms with Crippen molar-refractivity contribution in [2.75, 3.05) is 5.32 Å². The predicted molar refractivity (Wildman–Crippen MR) is 69.4 cm³/mol. The lowest BCUT2D eigenvalue weighted by molar-refractivity contribution is 0.100. The first-order valence-electron chi connectivity index (χ1n) is 4.59. The van der Waals surface area contributed by atoms with E-state index in [1.165, 1.54) is 29.6 Å². The Balaban J connectivity index is 2.10. The summed E-state index contributed by atoms with van der Waals surface area (Å²) in [6.07, 6.45) is 0. The third kappa shape index (κ3) is 2.91. The molecule has 4 nitrogen and oxygen atoms in total. The van der Waals surface area contributed by atoms with Crippen molar-refractivity contribution in [3.05, 3.63) is 32.4 Å². The van der Waals surface area contributed by atoms with Crippen LogP contribution in [0.3, 0.4) is 0 Å². The van der Waals surface area contributed by atoms with Crippen LogP contribution in [0.15, 0.2) is 17.5 Å². The lowest BCUT2D eigenvalue weighted by atomic mass is 10.4. The Morgan fingerprint density at radius 2 is 2.18 bits per heavy atom. The van der Waals surface area contributed by atoms with Gasteiger partial charge < -0.3 is 0 Å². The fourth-order valence-electron chi connectivity index (χ4n) is 1.09. The van der Waals surface area contributed by atoms with E-state index in [2.05, 4.69) is 10.3 Å². The minimum atomic E-state index is -0.272. The summed E-state index contributed by atoms with van der Waals surface area (Å²) < 4.78 is 0.554. The van der Waals surface area contributed by atoms with Crippen molar-refractivity contribution in [3.8, 4) is 0 Å². The van der Waals surface area contributed by atoms with Crippen LogP contribution in [-0.2, 0) is 0 Å². The molecular weight excluding hydrogens is 280 g/mol. The molecule has 2 rings (SSSR count). The lowest BCUT2D eigenvalue weighted by Crippen LogP contribution is -2.10. The molecule has 0 bridgehead atoms. The number of halogens is 1. The van der Waals surface area contributed by atoms with Gasteiger partial charge in [0.1, 0.15) is 5.69 Å². The summed E-state index contributed by atoms with van der Waals surface area (Å²) in [4.78, 5) is 27.3. The van der Waals surface area contributed by atoms with Gasteiger partial charge in [-0.05, 0) is 12.1 Å². The minimum absolute atomic E-state index is 0.124. The largest absolute Gasteiger partial charge is 0.297 e. The standard InChI is InChI=1S/C10H7ClN2O2S2/c1-5(14)6-4-16-10(12-6)13-9(15)7-2-3-8(11)17-7/h2-4H,1H3,(H,12,13,15). The normalized spacial score (nSPS) is 10.2. The number of Topliss-reactive ketones (excluding diaryl/α,β-unsaturated/α-hetero) is 1. The smallest absolute Gasteiger partial charge is 0.267 e. The first kappa shape index (κ1) is 12.2. The highest BCUT2D eigenvalue weighted by Crippen LogP contribution is 2.23. The zero-order chi connectivity index (χ0) is 12.4. The Kier molecular flexibility index (Phi) is 3.56. The third-order valence-corrected chi connectivity index (χ3v) is 3.87. The molecule has 0 unspecified atom stereocenters. The van der Waals surface area contributed by atoms with Crippen molar-refractivity contribution >= 4 is 51.1 Å². The van der Waals surface area contributed by atoms with Gasteiger partial charge in [0.15, 0.2) is 10.9 Å². The summed E-state index contributed by atoms with van der Waals surface area (Å²) in [6, 6.07) is 3.30. The van der Waals surface area contributed by atoms with Crippen molar-refractivity contribution in [1.82, 2.24) is 4.98 Å². The number of nitrogens with zero attached hydrogens (tertiary/aromatic N) is 1. The second kappa shape index (κ2) is 4.95. The van der Waals surface area contributed by atoms with Crippen molar-refractivity contribution in [1.29, 1.82) is 0 Å². The van der Waals surface area contributed by atoms with Crippen molar-refractivity contribution in [2.24, 2.45) is 0 Å². The molecule has 0 aliphatic heterocycles. The number of rotatable bonds is 3. The van der Waals surface area contributed by atoms with E-state index in [0.29, 0.717) is 20.0 Å². The highest BCUT2D eigenvalue weighted by Gasteiger charge is 2.12. The molecular formula is C10H7ClN2O2S2. The highest BCUT2D eigenvalue weighted by molar-refractivity contribution is 7.18.